The Morgan fingerprint density at radius 1 is 1.62 bits per heavy atom. The number of ether oxygens (including phenoxy) is 1. The first-order valence-corrected chi connectivity index (χ1v) is 5.86. The second-order valence-electron chi connectivity index (χ2n) is 3.79. The zero-order valence-corrected chi connectivity index (χ0v) is 9.88. The maximum atomic E-state index is 8.93. The van der Waals surface area contributed by atoms with Crippen molar-refractivity contribution in [3.8, 4) is 11.8 Å². The van der Waals surface area contributed by atoms with Crippen LogP contribution in [-0.2, 0) is 0 Å². The molecule has 0 radical (unpaired) electrons. The van der Waals surface area contributed by atoms with Gasteiger partial charge in [0.15, 0.2) is 5.75 Å². The molecule has 6 heteroatoms. The number of thiophene rings is 1. The molecule has 0 saturated carbocycles. The number of anilines is 2. The molecule has 4 N–H and O–H groups in total. The highest BCUT2D eigenvalue weighted by Crippen LogP contribution is 2.45. The molecule has 1 aromatic heterocycles. The minimum absolute atomic E-state index is 0.193. The summed E-state index contributed by atoms with van der Waals surface area (Å²) >= 11 is 1.37. The zero-order valence-electron chi connectivity index (χ0n) is 9.06. The van der Waals surface area contributed by atoms with Crippen molar-refractivity contribution in [1.82, 2.24) is 0 Å². The van der Waals surface area contributed by atoms with E-state index in [-0.39, 0.29) is 6.04 Å². The van der Waals surface area contributed by atoms with Crippen molar-refractivity contribution in [2.75, 3.05) is 30.8 Å². The highest BCUT2D eigenvalue weighted by Gasteiger charge is 2.26. The summed E-state index contributed by atoms with van der Waals surface area (Å²) in [5, 5.41) is 9.85. The van der Waals surface area contributed by atoms with E-state index in [9.17, 15) is 0 Å². The van der Waals surface area contributed by atoms with Crippen LogP contribution in [0.2, 0.25) is 0 Å². The lowest BCUT2D eigenvalue weighted by Crippen LogP contribution is -2.25. The standard InChI is InChI=1S/C10H14N4OS/c1-15-9-8(13)7(4-11)16-10(9)14-3-2-6(12)5-14/h6H,2-3,5,12-13H2,1H3. The van der Waals surface area contributed by atoms with E-state index >= 15 is 0 Å². The highest BCUT2D eigenvalue weighted by atomic mass is 32.1. The number of methoxy groups -OCH3 is 1. The molecule has 0 aromatic carbocycles. The SMILES string of the molecule is COc1c(N2CCC(N)C2)sc(C#N)c1N. The van der Waals surface area contributed by atoms with E-state index in [1.165, 1.54) is 11.3 Å². The van der Waals surface area contributed by atoms with E-state index < -0.39 is 0 Å². The van der Waals surface area contributed by atoms with Crippen LogP contribution >= 0.6 is 11.3 Å². The first-order valence-electron chi connectivity index (χ1n) is 5.04. The number of hydrogen-bond donors (Lipinski definition) is 2. The van der Waals surface area contributed by atoms with Crippen LogP contribution in [0.4, 0.5) is 10.7 Å². The van der Waals surface area contributed by atoms with E-state index in [2.05, 4.69) is 11.0 Å². The summed E-state index contributed by atoms with van der Waals surface area (Å²) in [5.74, 6) is 0.607. The Balaban J connectivity index is 2.37. The second-order valence-corrected chi connectivity index (χ2v) is 4.79. The Bertz CT molecular complexity index is 437. The molecule has 0 amide bonds. The summed E-state index contributed by atoms with van der Waals surface area (Å²) in [7, 11) is 1.57. The van der Waals surface area contributed by atoms with Gasteiger partial charge >= 0.3 is 0 Å². The molecule has 2 rings (SSSR count). The van der Waals surface area contributed by atoms with Gasteiger partial charge in [-0.25, -0.2) is 0 Å². The van der Waals surface area contributed by atoms with E-state index in [1.807, 2.05) is 0 Å². The van der Waals surface area contributed by atoms with Crippen LogP contribution in [-0.4, -0.2) is 26.2 Å². The Kier molecular flexibility index (Phi) is 2.90. The van der Waals surface area contributed by atoms with Gasteiger partial charge in [-0.1, -0.05) is 0 Å². The third-order valence-electron chi connectivity index (χ3n) is 2.70. The van der Waals surface area contributed by atoms with Crippen molar-refractivity contribution >= 4 is 22.0 Å². The maximum absolute atomic E-state index is 8.93. The van der Waals surface area contributed by atoms with E-state index in [0.717, 1.165) is 24.5 Å². The molecule has 0 bridgehead atoms. The molecular formula is C10H14N4OS. The van der Waals surface area contributed by atoms with Crippen LogP contribution in [0, 0.1) is 11.3 Å². The molecule has 5 nitrogen and oxygen atoms in total. The monoisotopic (exact) mass is 238 g/mol. The second kappa shape index (κ2) is 4.20. The van der Waals surface area contributed by atoms with Crippen molar-refractivity contribution in [2.24, 2.45) is 5.73 Å². The third-order valence-corrected chi connectivity index (χ3v) is 3.85. The largest absolute Gasteiger partial charge is 0.492 e. The number of nitriles is 1. The summed E-state index contributed by atoms with van der Waals surface area (Å²) < 4.78 is 5.26. The van der Waals surface area contributed by atoms with E-state index in [1.54, 1.807) is 7.11 Å². The van der Waals surface area contributed by atoms with Gasteiger partial charge in [-0.15, -0.1) is 11.3 Å². The van der Waals surface area contributed by atoms with Gasteiger partial charge in [-0.2, -0.15) is 5.26 Å². The van der Waals surface area contributed by atoms with Gasteiger partial charge in [0.05, 0.1) is 7.11 Å². The summed E-state index contributed by atoms with van der Waals surface area (Å²) in [6.45, 7) is 1.68. The molecule has 16 heavy (non-hydrogen) atoms. The van der Waals surface area contributed by atoms with Crippen LogP contribution in [0.15, 0.2) is 0 Å². The fourth-order valence-corrected chi connectivity index (χ4v) is 2.90. The van der Waals surface area contributed by atoms with Crippen LogP contribution < -0.4 is 21.1 Å². The Labute approximate surface area is 98.2 Å². The quantitative estimate of drug-likeness (QED) is 0.793. The van der Waals surface area contributed by atoms with Crippen molar-refractivity contribution < 1.29 is 4.74 Å². The molecule has 1 unspecified atom stereocenters. The molecule has 2 heterocycles. The summed E-state index contributed by atoms with van der Waals surface area (Å²) in [5.41, 5.74) is 12.1. The Hall–Kier alpha value is -1.45. The van der Waals surface area contributed by atoms with Crippen LogP contribution in [0.3, 0.4) is 0 Å². The lowest BCUT2D eigenvalue weighted by atomic mass is 10.3. The van der Waals surface area contributed by atoms with Crippen LogP contribution in [0.5, 0.6) is 5.75 Å². The van der Waals surface area contributed by atoms with Gasteiger partial charge in [0.25, 0.3) is 0 Å². The number of rotatable bonds is 2. The Morgan fingerprint density at radius 2 is 2.38 bits per heavy atom. The third kappa shape index (κ3) is 1.68. The first kappa shape index (κ1) is 11.0. The molecular weight excluding hydrogens is 224 g/mol. The fraction of sp³-hybridized carbons (Fsp3) is 0.500. The fourth-order valence-electron chi connectivity index (χ4n) is 1.88. The number of nitrogens with two attached hydrogens (primary N) is 2. The molecule has 1 aromatic rings. The van der Waals surface area contributed by atoms with Crippen molar-refractivity contribution in [3.63, 3.8) is 0 Å². The molecule has 1 atom stereocenters. The van der Waals surface area contributed by atoms with E-state index in [0.29, 0.717) is 16.3 Å². The van der Waals surface area contributed by atoms with Crippen molar-refractivity contribution in [2.45, 2.75) is 12.5 Å². The van der Waals surface area contributed by atoms with Gasteiger partial charge in [0.2, 0.25) is 0 Å². The summed E-state index contributed by atoms with van der Waals surface area (Å²) in [4.78, 5) is 2.64. The van der Waals surface area contributed by atoms with E-state index in [4.69, 9.17) is 21.5 Å². The predicted molar refractivity (Wildman–Crippen MR) is 64.8 cm³/mol. The average Bonchev–Trinajstić information content (AvgIpc) is 2.82. The first-order chi connectivity index (χ1) is 7.67. The molecule has 1 aliphatic rings. The van der Waals surface area contributed by atoms with Crippen molar-refractivity contribution in [3.05, 3.63) is 4.88 Å². The smallest absolute Gasteiger partial charge is 0.177 e. The molecule has 1 aliphatic heterocycles. The van der Waals surface area contributed by atoms with Gasteiger partial charge in [-0.05, 0) is 6.42 Å². The van der Waals surface area contributed by atoms with Gasteiger partial charge in [0.1, 0.15) is 21.6 Å². The molecule has 1 saturated heterocycles. The zero-order chi connectivity index (χ0) is 11.7. The van der Waals surface area contributed by atoms with Crippen LogP contribution in [0.1, 0.15) is 11.3 Å². The van der Waals surface area contributed by atoms with Gasteiger partial charge in [-0.3, -0.25) is 0 Å². The topological polar surface area (TPSA) is 88.3 Å². The minimum Gasteiger partial charge on any atom is -0.492 e. The van der Waals surface area contributed by atoms with Crippen molar-refractivity contribution in [1.29, 1.82) is 5.26 Å². The number of hydrogen-bond acceptors (Lipinski definition) is 6. The lowest BCUT2D eigenvalue weighted by molar-refractivity contribution is 0.419. The molecule has 86 valence electrons. The molecule has 0 aliphatic carbocycles. The highest BCUT2D eigenvalue weighted by molar-refractivity contribution is 7.17. The average molecular weight is 238 g/mol. The summed E-state index contributed by atoms with van der Waals surface area (Å²) in [6, 6.07) is 2.27. The molecule has 1 fully saturated rings. The lowest BCUT2D eigenvalue weighted by Gasteiger charge is -2.17. The van der Waals surface area contributed by atoms with Gasteiger partial charge < -0.3 is 21.1 Å². The number of nitrogen functional groups attached to an aromatic ring is 1. The minimum atomic E-state index is 0.193. The van der Waals surface area contributed by atoms with Gasteiger partial charge in [0, 0.05) is 19.1 Å². The van der Waals surface area contributed by atoms with Crippen LogP contribution in [0.25, 0.3) is 0 Å². The normalized spacial score (nSPS) is 19.8. The number of nitrogens with zero attached hydrogens (tertiary/aromatic N) is 2. The summed E-state index contributed by atoms with van der Waals surface area (Å²) in [6.07, 6.45) is 0.961. The predicted octanol–water partition coefficient (Wildman–Crippen LogP) is 0.748. The molecule has 0 spiro atoms. The maximum Gasteiger partial charge on any atom is 0.177 e. The Morgan fingerprint density at radius 3 is 2.88 bits per heavy atom.